The van der Waals surface area contributed by atoms with Gasteiger partial charge in [0.05, 0.1) is 12.3 Å². The monoisotopic (exact) mass is 448 g/mol. The molecule has 0 fully saturated rings. The van der Waals surface area contributed by atoms with Crippen LogP contribution in [-0.4, -0.2) is 59.4 Å². The van der Waals surface area contributed by atoms with Crippen molar-refractivity contribution in [3.05, 3.63) is 29.8 Å². The summed E-state index contributed by atoms with van der Waals surface area (Å²) in [6.45, 7) is 1.36. The standard InChI is InChI=1S/C20H28N6O6/c1-2-3-8-31-19(30)25-20(11-21,17(28)29)16(27)10-14-9-15(26-32-14)12-4-6-13(7-5-12)24-18(22)23/h4-7,14H,2-3,8-11,21H2,1H3,(H,25,30)(H,28,29)(H4,22,23,24). The summed E-state index contributed by atoms with van der Waals surface area (Å²) in [4.78, 5) is 42.0. The molecular weight excluding hydrogens is 420 g/mol. The van der Waals surface area contributed by atoms with Crippen molar-refractivity contribution >= 4 is 35.2 Å². The van der Waals surface area contributed by atoms with Crippen molar-refractivity contribution in [3.63, 3.8) is 0 Å². The van der Waals surface area contributed by atoms with Gasteiger partial charge in [-0.15, -0.1) is 0 Å². The van der Waals surface area contributed by atoms with Crippen molar-refractivity contribution in [3.8, 4) is 0 Å². The number of carboxylic acids is 1. The number of carboxylic acid groups (broad SMARTS) is 1. The highest BCUT2D eigenvalue weighted by Crippen LogP contribution is 2.23. The molecule has 12 heteroatoms. The number of nitrogens with one attached hydrogen (secondary N) is 3. The fourth-order valence-electron chi connectivity index (χ4n) is 3.00. The Morgan fingerprint density at radius 2 is 2.03 bits per heavy atom. The summed E-state index contributed by atoms with van der Waals surface area (Å²) < 4.78 is 4.92. The number of hydrogen-bond acceptors (Lipinski definition) is 8. The molecule has 0 bridgehead atoms. The van der Waals surface area contributed by atoms with Crippen LogP contribution in [0.25, 0.3) is 0 Å². The third kappa shape index (κ3) is 6.17. The smallest absolute Gasteiger partial charge is 0.408 e. The first-order chi connectivity index (χ1) is 15.2. The fraction of sp³-hybridized carbons (Fsp3) is 0.450. The molecule has 2 unspecified atom stereocenters. The first-order valence-corrected chi connectivity index (χ1v) is 10.1. The fourth-order valence-corrected chi connectivity index (χ4v) is 3.00. The lowest BCUT2D eigenvalue weighted by atomic mass is 9.89. The van der Waals surface area contributed by atoms with Crippen LogP contribution in [0.3, 0.4) is 0 Å². The second kappa shape index (κ2) is 11.1. The molecule has 2 rings (SSSR count). The Morgan fingerprint density at radius 3 is 2.59 bits per heavy atom. The largest absolute Gasteiger partial charge is 0.479 e. The molecule has 0 saturated carbocycles. The highest BCUT2D eigenvalue weighted by atomic mass is 16.6. The zero-order chi connectivity index (χ0) is 23.7. The molecule has 1 amide bonds. The number of anilines is 1. The third-order valence-corrected chi connectivity index (χ3v) is 4.84. The minimum absolute atomic E-state index is 0.0977. The first kappa shape index (κ1) is 24.6. The number of guanidine groups is 1. The minimum atomic E-state index is -2.32. The number of hydrogen-bond donors (Lipinski definition) is 6. The molecule has 0 saturated heterocycles. The van der Waals surface area contributed by atoms with Gasteiger partial charge in [0.15, 0.2) is 11.7 Å². The summed E-state index contributed by atoms with van der Waals surface area (Å²) in [6, 6.07) is 6.89. The quantitative estimate of drug-likeness (QED) is 0.122. The van der Waals surface area contributed by atoms with Crippen molar-refractivity contribution < 1.29 is 29.1 Å². The Kier molecular flexibility index (Phi) is 8.53. The van der Waals surface area contributed by atoms with Gasteiger partial charge in [-0.05, 0) is 24.1 Å². The lowest BCUT2D eigenvalue weighted by Gasteiger charge is -2.27. The van der Waals surface area contributed by atoms with Gasteiger partial charge in [0.25, 0.3) is 0 Å². The van der Waals surface area contributed by atoms with E-state index in [4.69, 9.17) is 26.5 Å². The third-order valence-electron chi connectivity index (χ3n) is 4.84. The van der Waals surface area contributed by atoms with Crippen LogP contribution in [0, 0.1) is 5.41 Å². The van der Waals surface area contributed by atoms with Crippen LogP contribution in [-0.2, 0) is 19.2 Å². The molecule has 12 nitrogen and oxygen atoms in total. The number of alkyl carbamates (subject to hydrolysis) is 1. The summed E-state index contributed by atoms with van der Waals surface area (Å²) in [5, 5.41) is 25.6. The van der Waals surface area contributed by atoms with E-state index in [0.717, 1.165) is 12.0 Å². The number of carbonyl (C=O) groups excluding carboxylic acids is 2. The molecule has 32 heavy (non-hydrogen) atoms. The first-order valence-electron chi connectivity index (χ1n) is 10.1. The summed E-state index contributed by atoms with van der Waals surface area (Å²) in [6.07, 6.45) is -0.419. The van der Waals surface area contributed by atoms with E-state index >= 15 is 0 Å². The normalized spacial score (nSPS) is 16.8. The van der Waals surface area contributed by atoms with E-state index in [-0.39, 0.29) is 25.4 Å². The van der Waals surface area contributed by atoms with Crippen LogP contribution in [0.4, 0.5) is 10.5 Å². The van der Waals surface area contributed by atoms with E-state index in [1.54, 1.807) is 24.3 Å². The van der Waals surface area contributed by atoms with Gasteiger partial charge in [-0.2, -0.15) is 0 Å². The van der Waals surface area contributed by atoms with Gasteiger partial charge in [-0.1, -0.05) is 30.6 Å². The Bertz CT molecular complexity index is 887. The molecule has 0 spiro atoms. The lowest BCUT2D eigenvalue weighted by molar-refractivity contribution is -0.150. The van der Waals surface area contributed by atoms with E-state index < -0.39 is 36.0 Å². The number of rotatable bonds is 11. The number of nitrogens with two attached hydrogens (primary N) is 2. The molecule has 1 aromatic carbocycles. The molecule has 0 aliphatic carbocycles. The molecule has 0 aromatic heterocycles. The van der Waals surface area contributed by atoms with Crippen LogP contribution in [0.15, 0.2) is 29.4 Å². The Morgan fingerprint density at radius 1 is 1.34 bits per heavy atom. The number of aliphatic carboxylic acids is 1. The predicted octanol–water partition coefficient (Wildman–Crippen LogP) is 0.753. The van der Waals surface area contributed by atoms with Gasteiger partial charge in [0.1, 0.15) is 6.10 Å². The molecule has 174 valence electrons. The van der Waals surface area contributed by atoms with E-state index in [2.05, 4.69) is 15.8 Å². The van der Waals surface area contributed by atoms with Crippen LogP contribution < -0.4 is 22.1 Å². The van der Waals surface area contributed by atoms with E-state index in [9.17, 15) is 19.5 Å². The van der Waals surface area contributed by atoms with E-state index in [1.165, 1.54) is 0 Å². The molecule has 1 aliphatic rings. The molecular formula is C20H28N6O6. The summed E-state index contributed by atoms with van der Waals surface area (Å²) in [5.74, 6) is -2.59. The molecule has 2 atom stereocenters. The molecule has 1 aliphatic heterocycles. The average molecular weight is 448 g/mol. The molecule has 1 heterocycles. The van der Waals surface area contributed by atoms with Gasteiger partial charge in [-0.3, -0.25) is 15.5 Å². The summed E-state index contributed by atoms with van der Waals surface area (Å²) >= 11 is 0. The van der Waals surface area contributed by atoms with Gasteiger partial charge in [0.2, 0.25) is 5.54 Å². The molecule has 0 radical (unpaired) electrons. The highest BCUT2D eigenvalue weighted by molar-refractivity contribution is 6.11. The maximum atomic E-state index is 12.8. The van der Waals surface area contributed by atoms with Crippen LogP contribution in [0.2, 0.25) is 0 Å². The number of oxime groups is 1. The molecule has 8 N–H and O–H groups in total. The lowest BCUT2D eigenvalue weighted by Crippen LogP contribution is -2.65. The SMILES string of the molecule is CCCCOC(=O)NC(CN)(C(=O)O)C(=O)CC1CC(c2ccc(NC(=N)N)cc2)=NO1. The summed E-state index contributed by atoms with van der Waals surface area (Å²) in [7, 11) is 0. The van der Waals surface area contributed by atoms with Crippen molar-refractivity contribution in [1.82, 2.24) is 5.32 Å². The number of Topliss-reactive ketones (excluding diaryl/α,β-unsaturated/α-hetero) is 1. The van der Waals surface area contributed by atoms with Crippen molar-refractivity contribution in [1.29, 1.82) is 5.41 Å². The minimum Gasteiger partial charge on any atom is -0.479 e. The zero-order valence-corrected chi connectivity index (χ0v) is 17.7. The second-order valence-electron chi connectivity index (χ2n) is 7.24. The molecule has 1 aromatic rings. The average Bonchev–Trinajstić information content (AvgIpc) is 3.20. The van der Waals surface area contributed by atoms with Gasteiger partial charge in [-0.25, -0.2) is 9.59 Å². The van der Waals surface area contributed by atoms with Crippen molar-refractivity contribution in [2.24, 2.45) is 16.6 Å². The van der Waals surface area contributed by atoms with Crippen molar-refractivity contribution in [2.45, 2.75) is 44.2 Å². The van der Waals surface area contributed by atoms with Crippen LogP contribution >= 0.6 is 0 Å². The van der Waals surface area contributed by atoms with E-state index in [1.807, 2.05) is 6.92 Å². The van der Waals surface area contributed by atoms with Gasteiger partial charge < -0.3 is 31.5 Å². The van der Waals surface area contributed by atoms with Gasteiger partial charge >= 0.3 is 12.1 Å². The van der Waals surface area contributed by atoms with Gasteiger partial charge in [0, 0.05) is 25.1 Å². The Hall–Kier alpha value is -3.67. The number of ether oxygens (including phenoxy) is 1. The Labute approximate surface area is 184 Å². The number of carbonyl (C=O) groups is 3. The Balaban J connectivity index is 2.01. The maximum Gasteiger partial charge on any atom is 0.408 e. The van der Waals surface area contributed by atoms with Crippen LogP contribution in [0.5, 0.6) is 0 Å². The number of ketones is 1. The number of unbranched alkanes of at least 4 members (excludes halogenated alkanes) is 1. The number of benzene rings is 1. The highest BCUT2D eigenvalue weighted by Gasteiger charge is 2.48. The number of nitrogens with zero attached hydrogens (tertiary/aromatic N) is 1. The zero-order valence-electron chi connectivity index (χ0n) is 17.7. The second-order valence-corrected chi connectivity index (χ2v) is 7.24. The predicted molar refractivity (Wildman–Crippen MR) is 116 cm³/mol. The van der Waals surface area contributed by atoms with Crippen LogP contribution in [0.1, 0.15) is 38.2 Å². The summed E-state index contributed by atoms with van der Waals surface area (Å²) in [5.41, 5.74) is 10.5. The topological polar surface area (TPSA) is 202 Å². The maximum absolute atomic E-state index is 12.8. The van der Waals surface area contributed by atoms with Crippen molar-refractivity contribution in [2.75, 3.05) is 18.5 Å². The number of amides is 1. The van der Waals surface area contributed by atoms with E-state index in [0.29, 0.717) is 17.8 Å².